The number of likely N-dealkylation sites (tertiary alicyclic amines) is 1. The Morgan fingerprint density at radius 1 is 0.897 bits per heavy atom. The summed E-state index contributed by atoms with van der Waals surface area (Å²) in [6.45, 7) is 18.7. The summed E-state index contributed by atoms with van der Waals surface area (Å²) < 4.78 is 18.4. The zero-order chi connectivity index (χ0) is 22.5. The fraction of sp³-hybridized carbons (Fsp3) is 0.905. The molecule has 0 aromatic rings. The summed E-state index contributed by atoms with van der Waals surface area (Å²) in [5, 5.41) is 0. The third kappa shape index (κ3) is 6.15. The summed E-state index contributed by atoms with van der Waals surface area (Å²) in [6, 6.07) is 5.55. The van der Waals surface area contributed by atoms with Gasteiger partial charge in [0.05, 0.1) is 12.6 Å². The Kier molecular flexibility index (Phi) is 9.58. The molecule has 0 radical (unpaired) electrons. The fourth-order valence-corrected chi connectivity index (χ4v) is 9.37. The van der Waals surface area contributed by atoms with Crippen LogP contribution in [-0.2, 0) is 18.4 Å². The van der Waals surface area contributed by atoms with Gasteiger partial charge in [0.1, 0.15) is 11.7 Å². The molecule has 0 spiro atoms. The first-order valence-corrected chi connectivity index (χ1v) is 16.4. The minimum atomic E-state index is -1.99. The van der Waals surface area contributed by atoms with Gasteiger partial charge in [0.15, 0.2) is 16.6 Å². The van der Waals surface area contributed by atoms with Crippen molar-refractivity contribution in [1.29, 1.82) is 0 Å². The largest absolute Gasteiger partial charge is 0.443 e. The standard InChI is InChI=1S/C21H43NO5Si2/c1-10-28(11-2,12-3)25-16-17-18(27-29(13-4,14-5)15-6)19(23)22(17)20(24)26-21(7,8)9/h17-18H,10-16H2,1-9H3/t17-,18+/m1/s1. The molecular formula is C21H43NO5Si2. The Bertz CT molecular complexity index is 539. The second kappa shape index (κ2) is 10.5. The van der Waals surface area contributed by atoms with Gasteiger partial charge in [-0.15, -0.1) is 0 Å². The highest BCUT2D eigenvalue weighted by Gasteiger charge is 2.55. The van der Waals surface area contributed by atoms with Crippen LogP contribution in [0, 0.1) is 0 Å². The Hall–Kier alpha value is -0.706. The zero-order valence-electron chi connectivity index (χ0n) is 20.1. The molecule has 2 amide bonds. The van der Waals surface area contributed by atoms with Gasteiger partial charge in [0, 0.05) is 0 Å². The average Bonchev–Trinajstić information content (AvgIpc) is 2.68. The molecule has 1 rings (SSSR count). The van der Waals surface area contributed by atoms with E-state index in [0.29, 0.717) is 6.61 Å². The van der Waals surface area contributed by atoms with Gasteiger partial charge in [-0.25, -0.2) is 9.69 Å². The molecule has 1 aliphatic heterocycles. The highest BCUT2D eigenvalue weighted by atomic mass is 28.4. The van der Waals surface area contributed by atoms with Crippen molar-refractivity contribution in [3.05, 3.63) is 0 Å². The van der Waals surface area contributed by atoms with E-state index in [1.54, 1.807) is 20.8 Å². The van der Waals surface area contributed by atoms with Crippen molar-refractivity contribution in [3.63, 3.8) is 0 Å². The number of ether oxygens (including phenoxy) is 1. The summed E-state index contributed by atoms with van der Waals surface area (Å²) in [7, 11) is -3.83. The van der Waals surface area contributed by atoms with Crippen LogP contribution in [0.15, 0.2) is 0 Å². The lowest BCUT2D eigenvalue weighted by atomic mass is 10.00. The molecule has 29 heavy (non-hydrogen) atoms. The Labute approximate surface area is 179 Å². The number of carbonyl (C=O) groups excluding carboxylic acids is 2. The minimum Gasteiger partial charge on any atom is -0.443 e. The molecule has 8 heteroatoms. The van der Waals surface area contributed by atoms with Crippen LogP contribution in [0.5, 0.6) is 0 Å². The van der Waals surface area contributed by atoms with Crippen molar-refractivity contribution in [2.45, 2.75) is 116 Å². The van der Waals surface area contributed by atoms with Gasteiger partial charge in [0.2, 0.25) is 0 Å². The van der Waals surface area contributed by atoms with Crippen LogP contribution in [0.25, 0.3) is 0 Å². The number of amides is 2. The summed E-state index contributed by atoms with van der Waals surface area (Å²) >= 11 is 0. The molecule has 1 fully saturated rings. The molecule has 0 bridgehead atoms. The lowest BCUT2D eigenvalue weighted by molar-refractivity contribution is -0.164. The number of imide groups is 1. The molecule has 6 nitrogen and oxygen atoms in total. The molecule has 0 aromatic heterocycles. The first-order valence-electron chi connectivity index (χ1n) is 11.3. The smallest absolute Gasteiger partial charge is 0.417 e. The second-order valence-corrected chi connectivity index (χ2v) is 18.6. The maximum Gasteiger partial charge on any atom is 0.417 e. The van der Waals surface area contributed by atoms with Crippen molar-refractivity contribution in [3.8, 4) is 0 Å². The number of hydrogen-bond acceptors (Lipinski definition) is 5. The number of nitrogens with zero attached hydrogens (tertiary/aromatic N) is 1. The van der Waals surface area contributed by atoms with E-state index in [4.69, 9.17) is 13.6 Å². The second-order valence-electron chi connectivity index (χ2n) is 9.09. The van der Waals surface area contributed by atoms with Gasteiger partial charge in [-0.2, -0.15) is 0 Å². The van der Waals surface area contributed by atoms with E-state index < -0.39 is 40.5 Å². The molecule has 0 unspecified atom stereocenters. The topological polar surface area (TPSA) is 65.1 Å². The lowest BCUT2D eigenvalue weighted by Gasteiger charge is -2.49. The van der Waals surface area contributed by atoms with Gasteiger partial charge in [-0.1, -0.05) is 41.5 Å². The van der Waals surface area contributed by atoms with Gasteiger partial charge in [-0.05, 0) is 57.0 Å². The summed E-state index contributed by atoms with van der Waals surface area (Å²) in [5.41, 5.74) is -0.655. The molecule has 170 valence electrons. The monoisotopic (exact) mass is 445 g/mol. The van der Waals surface area contributed by atoms with Crippen LogP contribution >= 0.6 is 0 Å². The first kappa shape index (κ1) is 26.3. The maximum atomic E-state index is 12.9. The third-order valence-corrected chi connectivity index (χ3v) is 15.8. The lowest BCUT2D eigenvalue weighted by Crippen LogP contribution is -2.71. The molecular weight excluding hydrogens is 402 g/mol. The maximum absolute atomic E-state index is 12.9. The molecule has 1 saturated heterocycles. The Morgan fingerprint density at radius 2 is 1.34 bits per heavy atom. The normalized spacial score (nSPS) is 20.6. The van der Waals surface area contributed by atoms with Crippen LogP contribution in [0.2, 0.25) is 36.3 Å². The van der Waals surface area contributed by atoms with Gasteiger partial charge in [-0.3, -0.25) is 4.79 Å². The highest BCUT2D eigenvalue weighted by Crippen LogP contribution is 2.34. The highest BCUT2D eigenvalue weighted by molar-refractivity contribution is 6.74. The van der Waals surface area contributed by atoms with Gasteiger partial charge in [0.25, 0.3) is 5.91 Å². The molecule has 0 N–H and O–H groups in total. The van der Waals surface area contributed by atoms with Crippen LogP contribution in [-0.4, -0.2) is 57.9 Å². The number of carbonyl (C=O) groups is 2. The number of hydrogen-bond donors (Lipinski definition) is 0. The molecule has 0 saturated carbocycles. The molecule has 2 atom stereocenters. The van der Waals surface area contributed by atoms with Crippen LogP contribution in [0.1, 0.15) is 62.3 Å². The number of β-lactam (4-membered cyclic amide) rings is 1. The van der Waals surface area contributed by atoms with E-state index in [1.807, 2.05) is 0 Å². The third-order valence-electron chi connectivity index (χ3n) is 6.56. The Morgan fingerprint density at radius 3 is 1.72 bits per heavy atom. The van der Waals surface area contributed by atoms with E-state index in [1.165, 1.54) is 4.90 Å². The van der Waals surface area contributed by atoms with Crippen LogP contribution < -0.4 is 0 Å². The number of rotatable bonds is 11. The summed E-state index contributed by atoms with van der Waals surface area (Å²) in [4.78, 5) is 26.9. The quantitative estimate of drug-likeness (QED) is 0.308. The summed E-state index contributed by atoms with van der Waals surface area (Å²) in [5.74, 6) is -0.281. The average molecular weight is 446 g/mol. The van der Waals surface area contributed by atoms with Crippen molar-refractivity contribution in [1.82, 2.24) is 4.90 Å². The molecule has 0 aliphatic carbocycles. The predicted octanol–water partition coefficient (Wildman–Crippen LogP) is 5.54. The molecule has 1 heterocycles. The zero-order valence-corrected chi connectivity index (χ0v) is 22.1. The van der Waals surface area contributed by atoms with E-state index in [2.05, 4.69) is 41.5 Å². The van der Waals surface area contributed by atoms with E-state index in [-0.39, 0.29) is 5.91 Å². The van der Waals surface area contributed by atoms with Crippen molar-refractivity contribution < 1.29 is 23.2 Å². The van der Waals surface area contributed by atoms with E-state index in [9.17, 15) is 9.59 Å². The minimum absolute atomic E-state index is 0.281. The molecule has 0 aromatic carbocycles. The molecule has 1 aliphatic rings. The van der Waals surface area contributed by atoms with E-state index in [0.717, 1.165) is 36.3 Å². The summed E-state index contributed by atoms with van der Waals surface area (Å²) in [6.07, 6.45) is -1.18. The van der Waals surface area contributed by atoms with E-state index >= 15 is 0 Å². The van der Waals surface area contributed by atoms with Crippen molar-refractivity contribution in [2.75, 3.05) is 6.61 Å². The van der Waals surface area contributed by atoms with Crippen LogP contribution in [0.3, 0.4) is 0 Å². The van der Waals surface area contributed by atoms with Gasteiger partial charge >= 0.3 is 6.09 Å². The van der Waals surface area contributed by atoms with Gasteiger partial charge < -0.3 is 13.6 Å². The van der Waals surface area contributed by atoms with Crippen molar-refractivity contribution in [2.24, 2.45) is 0 Å². The van der Waals surface area contributed by atoms with Crippen molar-refractivity contribution >= 4 is 28.6 Å². The predicted molar refractivity (Wildman–Crippen MR) is 122 cm³/mol. The SMILES string of the molecule is CC[Si](CC)(CC)OC[C@@H]1[C@H](O[Si](CC)(CC)CC)C(=O)N1C(=O)OC(C)(C)C. The first-order chi connectivity index (χ1) is 13.5. The van der Waals surface area contributed by atoms with Crippen LogP contribution in [0.4, 0.5) is 4.79 Å². The Balaban J connectivity index is 3.08. The fourth-order valence-electron chi connectivity index (χ4n) is 3.93.